The van der Waals surface area contributed by atoms with Crippen LogP contribution in [0.25, 0.3) is 0 Å². The monoisotopic (exact) mass is 384 g/mol. The zero-order valence-electron chi connectivity index (χ0n) is 13.9. The molecule has 0 aliphatic carbocycles. The Hall–Kier alpha value is -0.121. The molecule has 0 saturated carbocycles. The van der Waals surface area contributed by atoms with E-state index in [9.17, 15) is 0 Å². The summed E-state index contributed by atoms with van der Waals surface area (Å²) in [6.07, 6.45) is 9.95. The fraction of sp³-hybridized carbons (Fsp3) is 0.765. The Balaban J connectivity index is 3.04. The second kappa shape index (κ2) is 9.75. The molecule has 0 radical (unpaired) electrons. The molecule has 0 N–H and O–H groups in total. The van der Waals surface area contributed by atoms with Gasteiger partial charge in [-0.1, -0.05) is 0 Å². The number of hydrogen-bond donors (Lipinski definition) is 0. The molecular formula is C17H32N2Sn. The molecule has 0 aliphatic rings. The van der Waals surface area contributed by atoms with Crippen LogP contribution < -0.4 is 3.71 Å². The first-order valence-electron chi connectivity index (χ1n) is 8.47. The molecule has 0 spiro atoms. The molecule has 0 aliphatic heterocycles. The van der Waals surface area contributed by atoms with Gasteiger partial charge in [0.2, 0.25) is 0 Å². The van der Waals surface area contributed by atoms with Crippen LogP contribution in [0.2, 0.25) is 13.3 Å². The fourth-order valence-electron chi connectivity index (χ4n) is 3.05. The molecule has 2 nitrogen and oxygen atoms in total. The summed E-state index contributed by atoms with van der Waals surface area (Å²) in [6, 6.07) is 2.32. The summed E-state index contributed by atoms with van der Waals surface area (Å²) >= 11 is -2.29. The van der Waals surface area contributed by atoms with Gasteiger partial charge in [-0.15, -0.1) is 0 Å². The number of rotatable bonds is 10. The first kappa shape index (κ1) is 17.9. The van der Waals surface area contributed by atoms with Crippen molar-refractivity contribution in [1.29, 1.82) is 0 Å². The van der Waals surface area contributed by atoms with Crippen molar-refractivity contribution in [2.45, 2.75) is 79.5 Å². The van der Waals surface area contributed by atoms with Crippen molar-refractivity contribution in [2.24, 2.45) is 0 Å². The normalized spacial score (nSPS) is 11.8. The molecule has 0 aromatic carbocycles. The molecule has 0 saturated heterocycles. The Morgan fingerprint density at radius 1 is 0.850 bits per heavy atom. The third-order valence-corrected chi connectivity index (χ3v) is 19.5. The van der Waals surface area contributed by atoms with Gasteiger partial charge >= 0.3 is 130 Å². The molecule has 0 atom stereocenters. The molecule has 1 aromatic heterocycles. The molecular weight excluding hydrogens is 351 g/mol. The van der Waals surface area contributed by atoms with Crippen molar-refractivity contribution in [2.75, 3.05) is 0 Å². The molecule has 1 rings (SSSR count). The summed E-state index contributed by atoms with van der Waals surface area (Å²) in [5.74, 6) is 0. The zero-order valence-corrected chi connectivity index (χ0v) is 16.8. The van der Waals surface area contributed by atoms with Gasteiger partial charge in [-0.2, -0.15) is 0 Å². The molecule has 0 bridgehead atoms. The second-order valence-corrected chi connectivity index (χ2v) is 19.2. The number of hydrogen-bond acceptors (Lipinski definition) is 2. The Kier molecular flexibility index (Phi) is 8.74. The van der Waals surface area contributed by atoms with E-state index in [-0.39, 0.29) is 0 Å². The second-order valence-electron chi connectivity index (χ2n) is 6.14. The average Bonchev–Trinajstić information content (AvgIpc) is 2.47. The number of nitrogens with zero attached hydrogens (tertiary/aromatic N) is 2. The van der Waals surface area contributed by atoms with Gasteiger partial charge in [0.1, 0.15) is 0 Å². The Labute approximate surface area is 129 Å². The van der Waals surface area contributed by atoms with Crippen LogP contribution >= 0.6 is 0 Å². The predicted molar refractivity (Wildman–Crippen MR) is 91.3 cm³/mol. The predicted octanol–water partition coefficient (Wildman–Crippen LogP) is 4.84. The van der Waals surface area contributed by atoms with Crippen molar-refractivity contribution in [3.05, 3.63) is 18.1 Å². The van der Waals surface area contributed by atoms with E-state index in [1.807, 2.05) is 0 Å². The fourth-order valence-corrected chi connectivity index (χ4v) is 18.6. The molecule has 0 unspecified atom stereocenters. The van der Waals surface area contributed by atoms with Gasteiger partial charge in [-0.05, 0) is 0 Å². The summed E-state index contributed by atoms with van der Waals surface area (Å²) in [4.78, 5) is 9.07. The van der Waals surface area contributed by atoms with Crippen molar-refractivity contribution >= 4 is 22.1 Å². The van der Waals surface area contributed by atoms with Crippen LogP contribution in [0.3, 0.4) is 0 Å². The molecule has 20 heavy (non-hydrogen) atoms. The van der Waals surface area contributed by atoms with E-state index in [1.165, 1.54) is 55.5 Å². The Morgan fingerprint density at radius 3 is 1.75 bits per heavy atom. The number of unbranched alkanes of at least 4 members (excludes halogenated alkanes) is 3. The Morgan fingerprint density at radius 2 is 1.35 bits per heavy atom. The van der Waals surface area contributed by atoms with Crippen LogP contribution in [0.15, 0.2) is 12.4 Å². The van der Waals surface area contributed by atoms with Crippen molar-refractivity contribution in [3.63, 3.8) is 0 Å². The van der Waals surface area contributed by atoms with E-state index in [2.05, 4.69) is 38.7 Å². The van der Waals surface area contributed by atoms with Crippen molar-refractivity contribution < 1.29 is 0 Å². The van der Waals surface area contributed by atoms with Gasteiger partial charge in [-0.25, -0.2) is 0 Å². The molecule has 0 amide bonds. The molecule has 1 aromatic rings. The quantitative estimate of drug-likeness (QED) is 0.541. The number of aromatic nitrogens is 2. The number of aryl methyl sites for hydroxylation is 1. The summed E-state index contributed by atoms with van der Waals surface area (Å²) < 4.78 is 5.97. The van der Waals surface area contributed by atoms with E-state index in [4.69, 9.17) is 4.98 Å². The molecule has 3 heteroatoms. The zero-order chi connectivity index (χ0) is 14.8. The van der Waals surface area contributed by atoms with Gasteiger partial charge in [0.05, 0.1) is 0 Å². The van der Waals surface area contributed by atoms with Gasteiger partial charge < -0.3 is 0 Å². The van der Waals surface area contributed by atoms with Crippen molar-refractivity contribution in [1.82, 2.24) is 9.97 Å². The minimum absolute atomic E-state index is 1.15. The van der Waals surface area contributed by atoms with Crippen LogP contribution in [-0.2, 0) is 0 Å². The third kappa shape index (κ3) is 5.34. The van der Waals surface area contributed by atoms with Crippen LogP contribution in [0, 0.1) is 6.92 Å². The summed E-state index contributed by atoms with van der Waals surface area (Å²) in [6.45, 7) is 9.08. The minimum atomic E-state index is -2.29. The maximum atomic E-state index is 4.75. The van der Waals surface area contributed by atoms with E-state index in [0.29, 0.717) is 0 Å². The molecule has 1 heterocycles. The first-order valence-corrected chi connectivity index (χ1v) is 16.0. The topological polar surface area (TPSA) is 25.8 Å². The van der Waals surface area contributed by atoms with Crippen LogP contribution in [-0.4, -0.2) is 28.3 Å². The average molecular weight is 383 g/mol. The summed E-state index contributed by atoms with van der Waals surface area (Å²) in [5.41, 5.74) is 1.15. The van der Waals surface area contributed by atoms with E-state index < -0.39 is 18.4 Å². The van der Waals surface area contributed by atoms with E-state index in [0.717, 1.165) is 5.69 Å². The summed E-state index contributed by atoms with van der Waals surface area (Å²) in [7, 11) is 0. The van der Waals surface area contributed by atoms with Gasteiger partial charge in [-0.3, -0.25) is 0 Å². The van der Waals surface area contributed by atoms with Crippen LogP contribution in [0.5, 0.6) is 0 Å². The molecule has 114 valence electrons. The van der Waals surface area contributed by atoms with Crippen LogP contribution in [0.4, 0.5) is 0 Å². The Bertz CT molecular complexity index is 357. The van der Waals surface area contributed by atoms with Crippen LogP contribution in [0.1, 0.15) is 65.0 Å². The first-order chi connectivity index (χ1) is 9.68. The summed E-state index contributed by atoms with van der Waals surface area (Å²) in [5, 5.41) is 0. The maximum absolute atomic E-state index is 4.75. The van der Waals surface area contributed by atoms with Gasteiger partial charge in [0.15, 0.2) is 0 Å². The van der Waals surface area contributed by atoms with E-state index in [1.54, 1.807) is 6.33 Å². The van der Waals surface area contributed by atoms with E-state index >= 15 is 0 Å². The van der Waals surface area contributed by atoms with Gasteiger partial charge in [0.25, 0.3) is 0 Å². The molecule has 0 fully saturated rings. The SMILES string of the molecule is CCC[CH2][Sn]([CH2]CCC)([CH2]CCC)[c]1cc(C)ncn1. The van der Waals surface area contributed by atoms with Crippen molar-refractivity contribution in [3.8, 4) is 0 Å². The third-order valence-electron chi connectivity index (χ3n) is 4.37. The van der Waals surface area contributed by atoms with Gasteiger partial charge in [0, 0.05) is 0 Å². The standard InChI is InChI=1S/C5H5N2.3C4H9.Sn/c1-5-2-3-6-4-7-5;3*1-3-4-2;/h2,4H,1H3;3*1,3-4H2,2H3;.